The predicted octanol–water partition coefficient (Wildman–Crippen LogP) is 1.32. The third-order valence-corrected chi connectivity index (χ3v) is 4.13. The second-order valence-corrected chi connectivity index (χ2v) is 5.41. The van der Waals surface area contributed by atoms with Crippen LogP contribution in [-0.4, -0.2) is 16.5 Å². The van der Waals surface area contributed by atoms with E-state index in [0.717, 1.165) is 19.3 Å². The third-order valence-electron chi connectivity index (χ3n) is 4.13. The van der Waals surface area contributed by atoms with Crippen molar-refractivity contribution in [2.75, 3.05) is 5.32 Å². The first-order chi connectivity index (χ1) is 8.97. The van der Waals surface area contributed by atoms with Crippen molar-refractivity contribution in [1.29, 1.82) is 0 Å². The highest BCUT2D eigenvalue weighted by molar-refractivity contribution is 5.95. The fourth-order valence-electron chi connectivity index (χ4n) is 2.60. The Balaban J connectivity index is 2.17. The van der Waals surface area contributed by atoms with Gasteiger partial charge in [0.05, 0.1) is 11.1 Å². The first kappa shape index (κ1) is 13.8. The highest BCUT2D eigenvalue weighted by atomic mass is 16.2. The summed E-state index contributed by atoms with van der Waals surface area (Å²) in [7, 11) is 0. The summed E-state index contributed by atoms with van der Waals surface area (Å²) >= 11 is 0. The van der Waals surface area contributed by atoms with Crippen LogP contribution in [0.1, 0.15) is 33.1 Å². The molecule has 1 saturated carbocycles. The minimum Gasteiger partial charge on any atom is -0.327 e. The second-order valence-electron chi connectivity index (χ2n) is 5.41. The summed E-state index contributed by atoms with van der Waals surface area (Å²) < 4.78 is 1.56. The van der Waals surface area contributed by atoms with Gasteiger partial charge in [-0.05, 0) is 32.8 Å². The molecule has 0 aromatic carbocycles. The lowest BCUT2D eigenvalue weighted by Crippen LogP contribution is -2.44. The van der Waals surface area contributed by atoms with E-state index in [1.54, 1.807) is 16.8 Å². The SMILES string of the molecule is CCn1cc(NC(=O)C2(C)CCCC2N)ccc1=O. The Morgan fingerprint density at radius 3 is 2.89 bits per heavy atom. The number of hydrogen-bond donors (Lipinski definition) is 2. The molecular formula is C14H21N3O2. The molecule has 0 radical (unpaired) electrons. The summed E-state index contributed by atoms with van der Waals surface area (Å²) in [6, 6.07) is 3.01. The fraction of sp³-hybridized carbons (Fsp3) is 0.571. The number of nitrogens with zero attached hydrogens (tertiary/aromatic N) is 1. The number of rotatable bonds is 3. The molecular weight excluding hydrogens is 242 g/mol. The van der Waals surface area contributed by atoms with E-state index in [-0.39, 0.29) is 17.5 Å². The van der Waals surface area contributed by atoms with Crippen molar-refractivity contribution in [3.63, 3.8) is 0 Å². The molecule has 104 valence electrons. The number of aryl methyl sites for hydroxylation is 1. The normalized spacial score (nSPS) is 26.4. The van der Waals surface area contributed by atoms with E-state index in [1.807, 2.05) is 13.8 Å². The van der Waals surface area contributed by atoms with E-state index in [1.165, 1.54) is 6.07 Å². The number of carbonyl (C=O) groups excluding carboxylic acids is 1. The number of anilines is 1. The zero-order valence-electron chi connectivity index (χ0n) is 11.5. The van der Waals surface area contributed by atoms with Gasteiger partial charge in [-0.1, -0.05) is 6.42 Å². The van der Waals surface area contributed by atoms with Gasteiger partial charge in [0.15, 0.2) is 0 Å². The van der Waals surface area contributed by atoms with Crippen molar-refractivity contribution in [1.82, 2.24) is 4.57 Å². The number of aromatic nitrogens is 1. The molecule has 3 N–H and O–H groups in total. The molecule has 1 aromatic heterocycles. The molecule has 5 heteroatoms. The Morgan fingerprint density at radius 1 is 1.58 bits per heavy atom. The Hall–Kier alpha value is -1.62. The van der Waals surface area contributed by atoms with E-state index >= 15 is 0 Å². The van der Waals surface area contributed by atoms with Gasteiger partial charge in [-0.2, -0.15) is 0 Å². The standard InChI is InChI=1S/C14H21N3O2/c1-3-17-9-10(6-7-12(17)18)16-13(19)14(2)8-4-5-11(14)15/h6-7,9,11H,3-5,8,15H2,1-2H3,(H,16,19). The van der Waals surface area contributed by atoms with Gasteiger partial charge < -0.3 is 15.6 Å². The van der Waals surface area contributed by atoms with Gasteiger partial charge in [0.2, 0.25) is 5.91 Å². The Labute approximate surface area is 112 Å². The van der Waals surface area contributed by atoms with Gasteiger partial charge in [0.1, 0.15) is 0 Å². The molecule has 0 saturated heterocycles. The van der Waals surface area contributed by atoms with Crippen LogP contribution in [0.25, 0.3) is 0 Å². The van der Waals surface area contributed by atoms with Gasteiger partial charge in [-0.15, -0.1) is 0 Å². The van der Waals surface area contributed by atoms with E-state index < -0.39 is 5.41 Å². The number of nitrogens with one attached hydrogen (secondary N) is 1. The van der Waals surface area contributed by atoms with Crippen molar-refractivity contribution in [2.24, 2.45) is 11.1 Å². The van der Waals surface area contributed by atoms with Crippen molar-refractivity contribution in [2.45, 2.75) is 45.7 Å². The van der Waals surface area contributed by atoms with Crippen LogP contribution < -0.4 is 16.6 Å². The van der Waals surface area contributed by atoms with Crippen LogP contribution in [0.4, 0.5) is 5.69 Å². The van der Waals surface area contributed by atoms with Crippen LogP contribution >= 0.6 is 0 Å². The molecule has 0 spiro atoms. The molecule has 1 aliphatic carbocycles. The third kappa shape index (κ3) is 2.56. The summed E-state index contributed by atoms with van der Waals surface area (Å²) in [5, 5.41) is 2.88. The van der Waals surface area contributed by atoms with Crippen LogP contribution in [0.3, 0.4) is 0 Å². The molecule has 1 aliphatic rings. The lowest BCUT2D eigenvalue weighted by Gasteiger charge is -2.27. The maximum atomic E-state index is 12.4. The topological polar surface area (TPSA) is 77.1 Å². The quantitative estimate of drug-likeness (QED) is 0.863. The molecule has 2 rings (SSSR count). The highest BCUT2D eigenvalue weighted by Crippen LogP contribution is 2.37. The average molecular weight is 263 g/mol. The van der Waals surface area contributed by atoms with Crippen LogP contribution in [0, 0.1) is 5.41 Å². The molecule has 2 atom stereocenters. The van der Waals surface area contributed by atoms with Crippen molar-refractivity contribution < 1.29 is 4.79 Å². The Morgan fingerprint density at radius 2 is 2.32 bits per heavy atom. The lowest BCUT2D eigenvalue weighted by molar-refractivity contribution is -0.125. The van der Waals surface area contributed by atoms with E-state index in [9.17, 15) is 9.59 Å². The lowest BCUT2D eigenvalue weighted by atomic mass is 9.84. The van der Waals surface area contributed by atoms with E-state index in [0.29, 0.717) is 12.2 Å². The molecule has 19 heavy (non-hydrogen) atoms. The summed E-state index contributed by atoms with van der Waals surface area (Å²) in [6.07, 6.45) is 4.36. The predicted molar refractivity (Wildman–Crippen MR) is 74.9 cm³/mol. The average Bonchev–Trinajstić information content (AvgIpc) is 2.73. The number of nitrogens with two attached hydrogens (primary N) is 1. The van der Waals surface area contributed by atoms with Crippen LogP contribution in [0.15, 0.2) is 23.1 Å². The van der Waals surface area contributed by atoms with Crippen molar-refractivity contribution in [3.8, 4) is 0 Å². The molecule has 1 amide bonds. The molecule has 0 bridgehead atoms. The fourth-order valence-corrected chi connectivity index (χ4v) is 2.60. The Kier molecular flexibility index (Phi) is 3.75. The monoisotopic (exact) mass is 263 g/mol. The molecule has 1 fully saturated rings. The number of pyridine rings is 1. The van der Waals surface area contributed by atoms with E-state index in [2.05, 4.69) is 5.32 Å². The molecule has 0 aliphatic heterocycles. The maximum Gasteiger partial charge on any atom is 0.250 e. The summed E-state index contributed by atoms with van der Waals surface area (Å²) in [4.78, 5) is 23.8. The molecule has 1 heterocycles. The molecule has 2 unspecified atom stereocenters. The number of hydrogen-bond acceptors (Lipinski definition) is 3. The smallest absolute Gasteiger partial charge is 0.250 e. The number of amides is 1. The number of carbonyl (C=O) groups is 1. The highest BCUT2D eigenvalue weighted by Gasteiger charge is 2.42. The first-order valence-electron chi connectivity index (χ1n) is 6.75. The van der Waals surface area contributed by atoms with Gasteiger partial charge in [-0.3, -0.25) is 9.59 Å². The first-order valence-corrected chi connectivity index (χ1v) is 6.75. The zero-order valence-corrected chi connectivity index (χ0v) is 11.5. The van der Waals surface area contributed by atoms with Gasteiger partial charge in [0.25, 0.3) is 5.56 Å². The molecule has 5 nitrogen and oxygen atoms in total. The van der Waals surface area contributed by atoms with Gasteiger partial charge >= 0.3 is 0 Å². The summed E-state index contributed by atoms with van der Waals surface area (Å²) in [6.45, 7) is 4.39. The van der Waals surface area contributed by atoms with Crippen molar-refractivity contribution in [3.05, 3.63) is 28.7 Å². The van der Waals surface area contributed by atoms with Crippen LogP contribution in [0.5, 0.6) is 0 Å². The second kappa shape index (κ2) is 5.17. The van der Waals surface area contributed by atoms with Crippen LogP contribution in [0.2, 0.25) is 0 Å². The summed E-state index contributed by atoms with van der Waals surface area (Å²) in [5.74, 6) is -0.0567. The van der Waals surface area contributed by atoms with Gasteiger partial charge in [0, 0.05) is 24.8 Å². The summed E-state index contributed by atoms with van der Waals surface area (Å²) in [5.41, 5.74) is 6.10. The van der Waals surface area contributed by atoms with E-state index in [4.69, 9.17) is 5.73 Å². The largest absolute Gasteiger partial charge is 0.327 e. The van der Waals surface area contributed by atoms with Crippen LogP contribution in [-0.2, 0) is 11.3 Å². The van der Waals surface area contributed by atoms with Gasteiger partial charge in [-0.25, -0.2) is 0 Å². The minimum atomic E-state index is -0.507. The zero-order chi connectivity index (χ0) is 14.0. The minimum absolute atomic E-state index is 0.0567. The maximum absolute atomic E-state index is 12.4. The Bertz CT molecular complexity index is 538. The van der Waals surface area contributed by atoms with Crippen molar-refractivity contribution >= 4 is 11.6 Å². The molecule has 1 aromatic rings.